The van der Waals surface area contributed by atoms with Crippen molar-refractivity contribution in [1.29, 1.82) is 0 Å². The van der Waals surface area contributed by atoms with Crippen molar-refractivity contribution in [3.63, 3.8) is 0 Å². The quantitative estimate of drug-likeness (QED) is 0.784. The minimum atomic E-state index is -0.266. The Kier molecular flexibility index (Phi) is 6.83. The first-order chi connectivity index (χ1) is 12.6. The molecule has 0 aliphatic carbocycles. The monoisotopic (exact) mass is 371 g/mol. The van der Waals surface area contributed by atoms with Gasteiger partial charge in [-0.05, 0) is 42.3 Å². The lowest BCUT2D eigenvalue weighted by Crippen LogP contribution is -2.43. The number of nitrogens with zero attached hydrogens (tertiary/aromatic N) is 1. The maximum absolute atomic E-state index is 12.5. The van der Waals surface area contributed by atoms with Gasteiger partial charge in [-0.15, -0.1) is 11.3 Å². The molecule has 0 bridgehead atoms. The van der Waals surface area contributed by atoms with Gasteiger partial charge in [-0.25, -0.2) is 0 Å². The summed E-state index contributed by atoms with van der Waals surface area (Å²) in [6, 6.07) is 13.9. The molecule has 2 heterocycles. The van der Waals surface area contributed by atoms with Crippen LogP contribution in [0.1, 0.15) is 36.2 Å². The van der Waals surface area contributed by atoms with Crippen molar-refractivity contribution >= 4 is 17.2 Å². The molecule has 3 rings (SSSR count). The highest BCUT2D eigenvalue weighted by Crippen LogP contribution is 2.21. The van der Waals surface area contributed by atoms with E-state index in [0.717, 1.165) is 31.7 Å². The van der Waals surface area contributed by atoms with Crippen LogP contribution < -0.4 is 11.1 Å². The molecule has 140 valence electrons. The number of nitrogens with two attached hydrogens (primary N) is 1. The number of likely N-dealkylation sites (tertiary alicyclic amines) is 1. The van der Waals surface area contributed by atoms with E-state index in [4.69, 9.17) is 5.73 Å². The van der Waals surface area contributed by atoms with Crippen molar-refractivity contribution in [2.75, 3.05) is 19.6 Å². The number of amides is 1. The molecular formula is C21H29N3OS. The summed E-state index contributed by atoms with van der Waals surface area (Å²) in [6.07, 6.45) is 2.38. The fourth-order valence-electron chi connectivity index (χ4n) is 3.62. The van der Waals surface area contributed by atoms with Gasteiger partial charge in [-0.1, -0.05) is 43.3 Å². The average molecular weight is 372 g/mol. The van der Waals surface area contributed by atoms with Gasteiger partial charge >= 0.3 is 0 Å². The smallest absolute Gasteiger partial charge is 0.224 e. The maximum atomic E-state index is 12.5. The summed E-state index contributed by atoms with van der Waals surface area (Å²) in [5.41, 5.74) is 7.29. The van der Waals surface area contributed by atoms with E-state index < -0.39 is 0 Å². The molecule has 3 atom stereocenters. The molecule has 3 N–H and O–H groups in total. The molecule has 0 saturated carbocycles. The summed E-state index contributed by atoms with van der Waals surface area (Å²) in [5, 5.41) is 5.27. The standard InChI is InChI=1S/C21H29N3OS/c1-16(20(22)18-8-3-2-4-9-18)21(25)23-13-17-7-5-11-24(14-17)15-19-10-6-12-26-19/h2-4,6,8-10,12,16-17,20H,5,7,11,13-15,22H2,1H3,(H,23,25). The molecule has 1 aliphatic rings. The first kappa shape index (κ1) is 19.1. The van der Waals surface area contributed by atoms with Crippen molar-refractivity contribution in [2.45, 2.75) is 32.4 Å². The number of benzene rings is 1. The van der Waals surface area contributed by atoms with Gasteiger partial charge in [0.25, 0.3) is 0 Å². The first-order valence-electron chi connectivity index (χ1n) is 9.46. The predicted octanol–water partition coefficient (Wildman–Crippen LogP) is 3.41. The Hall–Kier alpha value is -1.69. The Morgan fingerprint density at radius 3 is 2.85 bits per heavy atom. The number of carbonyl (C=O) groups is 1. The van der Waals surface area contributed by atoms with Crippen molar-refractivity contribution in [1.82, 2.24) is 10.2 Å². The Morgan fingerprint density at radius 1 is 1.31 bits per heavy atom. The Balaban J connectivity index is 1.46. The van der Waals surface area contributed by atoms with Crippen molar-refractivity contribution in [2.24, 2.45) is 17.6 Å². The van der Waals surface area contributed by atoms with E-state index in [2.05, 4.69) is 27.7 Å². The Morgan fingerprint density at radius 2 is 2.12 bits per heavy atom. The van der Waals surface area contributed by atoms with Gasteiger partial charge in [0.1, 0.15) is 0 Å². The second kappa shape index (κ2) is 9.31. The normalized spacial score (nSPS) is 20.5. The van der Waals surface area contributed by atoms with Crippen LogP contribution in [0.15, 0.2) is 47.8 Å². The fraction of sp³-hybridized carbons (Fsp3) is 0.476. The largest absolute Gasteiger partial charge is 0.355 e. The third-order valence-electron chi connectivity index (χ3n) is 5.26. The fourth-order valence-corrected chi connectivity index (χ4v) is 4.36. The van der Waals surface area contributed by atoms with Crippen LogP contribution in [0, 0.1) is 11.8 Å². The lowest BCUT2D eigenvalue weighted by atomic mass is 9.93. The summed E-state index contributed by atoms with van der Waals surface area (Å²) in [4.78, 5) is 16.5. The van der Waals surface area contributed by atoms with Gasteiger partial charge in [0.15, 0.2) is 0 Å². The molecule has 1 saturated heterocycles. The van der Waals surface area contributed by atoms with E-state index in [1.165, 1.54) is 17.7 Å². The predicted molar refractivity (Wildman–Crippen MR) is 108 cm³/mol. The van der Waals surface area contributed by atoms with E-state index in [-0.39, 0.29) is 17.9 Å². The van der Waals surface area contributed by atoms with Crippen molar-refractivity contribution < 1.29 is 4.79 Å². The van der Waals surface area contributed by atoms with Gasteiger partial charge in [0.2, 0.25) is 5.91 Å². The van der Waals surface area contributed by atoms with E-state index in [0.29, 0.717) is 5.92 Å². The summed E-state index contributed by atoms with van der Waals surface area (Å²) < 4.78 is 0. The molecule has 4 nitrogen and oxygen atoms in total. The molecule has 0 radical (unpaired) electrons. The SMILES string of the molecule is CC(C(=O)NCC1CCCN(Cc2cccs2)C1)C(N)c1ccccc1. The number of hydrogen-bond donors (Lipinski definition) is 2. The van der Waals surface area contributed by atoms with Crippen LogP contribution in [0.2, 0.25) is 0 Å². The first-order valence-corrected chi connectivity index (χ1v) is 10.3. The van der Waals surface area contributed by atoms with Crippen LogP contribution in [0.25, 0.3) is 0 Å². The minimum absolute atomic E-state index is 0.0525. The lowest BCUT2D eigenvalue weighted by Gasteiger charge is -2.33. The topological polar surface area (TPSA) is 58.4 Å². The highest BCUT2D eigenvalue weighted by molar-refractivity contribution is 7.09. The van der Waals surface area contributed by atoms with E-state index in [1.54, 1.807) is 0 Å². The van der Waals surface area contributed by atoms with Crippen LogP contribution >= 0.6 is 11.3 Å². The lowest BCUT2D eigenvalue weighted by molar-refractivity contribution is -0.125. The van der Waals surface area contributed by atoms with E-state index in [1.807, 2.05) is 48.6 Å². The van der Waals surface area contributed by atoms with Crippen LogP contribution in [0.4, 0.5) is 0 Å². The van der Waals surface area contributed by atoms with Crippen LogP contribution in [0.3, 0.4) is 0 Å². The average Bonchev–Trinajstić information content (AvgIpc) is 3.19. The third kappa shape index (κ3) is 5.16. The molecule has 1 amide bonds. The number of nitrogens with one attached hydrogen (secondary N) is 1. The third-order valence-corrected chi connectivity index (χ3v) is 6.13. The molecule has 1 aliphatic heterocycles. The zero-order chi connectivity index (χ0) is 18.4. The number of carbonyl (C=O) groups excluding carboxylic acids is 1. The van der Waals surface area contributed by atoms with Crippen molar-refractivity contribution in [3.8, 4) is 0 Å². The molecule has 0 spiro atoms. The second-order valence-corrected chi connectivity index (χ2v) is 8.33. The molecule has 1 aromatic carbocycles. The molecule has 26 heavy (non-hydrogen) atoms. The molecule has 1 fully saturated rings. The van der Waals surface area contributed by atoms with Crippen LogP contribution in [-0.4, -0.2) is 30.4 Å². The summed E-state index contributed by atoms with van der Waals surface area (Å²) in [6.45, 7) is 5.88. The van der Waals surface area contributed by atoms with Gasteiger partial charge in [0, 0.05) is 30.6 Å². The molecule has 5 heteroatoms. The van der Waals surface area contributed by atoms with Gasteiger partial charge in [-0.3, -0.25) is 9.69 Å². The maximum Gasteiger partial charge on any atom is 0.224 e. The number of piperidine rings is 1. The zero-order valence-corrected chi connectivity index (χ0v) is 16.3. The summed E-state index contributed by atoms with van der Waals surface area (Å²) >= 11 is 1.82. The van der Waals surface area contributed by atoms with Gasteiger partial charge in [0.05, 0.1) is 5.92 Å². The highest BCUT2D eigenvalue weighted by atomic mass is 32.1. The Bertz CT molecular complexity index is 674. The Labute approximate surface area is 160 Å². The number of thiophene rings is 1. The molecule has 3 unspecified atom stereocenters. The number of hydrogen-bond acceptors (Lipinski definition) is 4. The van der Waals surface area contributed by atoms with Crippen molar-refractivity contribution in [3.05, 3.63) is 58.3 Å². The van der Waals surface area contributed by atoms with E-state index >= 15 is 0 Å². The summed E-state index contributed by atoms with van der Waals surface area (Å²) in [5.74, 6) is 0.341. The second-order valence-electron chi connectivity index (χ2n) is 7.29. The van der Waals surface area contributed by atoms with Gasteiger partial charge in [-0.2, -0.15) is 0 Å². The van der Waals surface area contributed by atoms with Gasteiger partial charge < -0.3 is 11.1 Å². The van der Waals surface area contributed by atoms with Crippen LogP contribution in [0.5, 0.6) is 0 Å². The minimum Gasteiger partial charge on any atom is -0.355 e. The van der Waals surface area contributed by atoms with Crippen LogP contribution in [-0.2, 0) is 11.3 Å². The molecular weight excluding hydrogens is 342 g/mol. The number of rotatable bonds is 7. The summed E-state index contributed by atoms with van der Waals surface area (Å²) in [7, 11) is 0. The zero-order valence-electron chi connectivity index (χ0n) is 15.4. The molecule has 1 aromatic heterocycles. The highest BCUT2D eigenvalue weighted by Gasteiger charge is 2.24. The van der Waals surface area contributed by atoms with E-state index in [9.17, 15) is 4.79 Å². The molecule has 2 aromatic rings.